The van der Waals surface area contributed by atoms with Crippen molar-refractivity contribution in [2.75, 3.05) is 14.2 Å². The number of nitriles is 1. The third-order valence-corrected chi connectivity index (χ3v) is 5.27. The van der Waals surface area contributed by atoms with Crippen molar-refractivity contribution in [2.45, 2.75) is 13.8 Å². The second kappa shape index (κ2) is 8.07. The molecular weight excluding hydrogens is 356 g/mol. The lowest BCUT2D eigenvalue weighted by Crippen LogP contribution is -1.93. The van der Waals surface area contributed by atoms with Crippen LogP contribution in [0.4, 0.5) is 0 Å². The lowest BCUT2D eigenvalue weighted by molar-refractivity contribution is 0.354. The molecule has 4 nitrogen and oxygen atoms in total. The first-order valence-corrected chi connectivity index (χ1v) is 9.31. The SMILES string of the molecule is COc1cccc(/C=C(/C#N)c2nc(-c3ccc(C)c(C)c3)cs2)c1OC. The van der Waals surface area contributed by atoms with Gasteiger partial charge in [-0.05, 0) is 43.2 Å². The van der Waals surface area contributed by atoms with Gasteiger partial charge in [-0.1, -0.05) is 24.3 Å². The maximum Gasteiger partial charge on any atom is 0.167 e. The molecule has 5 heteroatoms. The fraction of sp³-hybridized carbons (Fsp3) is 0.182. The lowest BCUT2D eigenvalue weighted by atomic mass is 10.0. The molecule has 2 aromatic carbocycles. The van der Waals surface area contributed by atoms with Crippen LogP contribution in [0.25, 0.3) is 22.9 Å². The van der Waals surface area contributed by atoms with Crippen molar-refractivity contribution in [2.24, 2.45) is 0 Å². The van der Waals surface area contributed by atoms with E-state index >= 15 is 0 Å². The molecule has 1 aromatic heterocycles. The fourth-order valence-corrected chi connectivity index (χ4v) is 3.55. The predicted octanol–water partition coefficient (Wildman–Crippen LogP) is 5.51. The Hall–Kier alpha value is -3.10. The first-order chi connectivity index (χ1) is 13.1. The van der Waals surface area contributed by atoms with Gasteiger partial charge < -0.3 is 9.47 Å². The van der Waals surface area contributed by atoms with Crippen molar-refractivity contribution in [3.8, 4) is 28.8 Å². The molecule has 0 unspecified atom stereocenters. The van der Waals surface area contributed by atoms with Gasteiger partial charge in [0.15, 0.2) is 11.5 Å². The van der Waals surface area contributed by atoms with Crippen LogP contribution in [0.3, 0.4) is 0 Å². The molecule has 0 aliphatic rings. The van der Waals surface area contributed by atoms with E-state index in [4.69, 9.17) is 9.47 Å². The number of methoxy groups -OCH3 is 2. The van der Waals surface area contributed by atoms with Crippen LogP contribution in [-0.4, -0.2) is 19.2 Å². The molecule has 0 bridgehead atoms. The summed E-state index contributed by atoms with van der Waals surface area (Å²) >= 11 is 1.46. The molecule has 0 aliphatic heterocycles. The van der Waals surface area contributed by atoms with Crippen LogP contribution in [0.1, 0.15) is 21.7 Å². The van der Waals surface area contributed by atoms with Crippen molar-refractivity contribution in [3.63, 3.8) is 0 Å². The summed E-state index contributed by atoms with van der Waals surface area (Å²) in [4.78, 5) is 4.67. The smallest absolute Gasteiger partial charge is 0.167 e. The number of hydrogen-bond donors (Lipinski definition) is 0. The zero-order chi connectivity index (χ0) is 19.4. The van der Waals surface area contributed by atoms with Crippen LogP contribution in [0, 0.1) is 25.2 Å². The molecule has 0 saturated carbocycles. The molecule has 0 fully saturated rings. The van der Waals surface area contributed by atoms with Crippen LogP contribution >= 0.6 is 11.3 Å². The van der Waals surface area contributed by atoms with E-state index < -0.39 is 0 Å². The van der Waals surface area contributed by atoms with Crippen molar-refractivity contribution in [3.05, 3.63) is 63.5 Å². The van der Waals surface area contributed by atoms with Crippen LogP contribution < -0.4 is 9.47 Å². The number of hydrogen-bond acceptors (Lipinski definition) is 5. The molecule has 3 rings (SSSR count). The molecule has 0 spiro atoms. The number of thiazole rings is 1. The summed E-state index contributed by atoms with van der Waals surface area (Å²) in [6.45, 7) is 4.17. The Kier molecular flexibility index (Phi) is 5.58. The Balaban J connectivity index is 2.00. The quantitative estimate of drug-likeness (QED) is 0.551. The van der Waals surface area contributed by atoms with E-state index in [9.17, 15) is 5.26 Å². The monoisotopic (exact) mass is 376 g/mol. The third kappa shape index (κ3) is 3.86. The Bertz CT molecular complexity index is 1040. The largest absolute Gasteiger partial charge is 0.493 e. The van der Waals surface area contributed by atoms with Crippen molar-refractivity contribution < 1.29 is 9.47 Å². The summed E-state index contributed by atoms with van der Waals surface area (Å²) in [5.41, 5.74) is 5.66. The molecule has 0 atom stereocenters. The molecule has 136 valence electrons. The van der Waals surface area contributed by atoms with Crippen molar-refractivity contribution in [1.82, 2.24) is 4.98 Å². The van der Waals surface area contributed by atoms with E-state index in [-0.39, 0.29) is 0 Å². The second-order valence-corrected chi connectivity index (χ2v) is 6.95. The van der Waals surface area contributed by atoms with Crippen LogP contribution in [-0.2, 0) is 0 Å². The summed E-state index contributed by atoms with van der Waals surface area (Å²) < 4.78 is 10.8. The van der Waals surface area contributed by atoms with Gasteiger partial charge in [0.05, 0.1) is 25.5 Å². The minimum absolute atomic E-state index is 0.488. The number of aryl methyl sites for hydroxylation is 2. The number of nitrogens with zero attached hydrogens (tertiary/aromatic N) is 2. The first kappa shape index (κ1) is 18.7. The van der Waals surface area contributed by atoms with E-state index in [0.717, 1.165) is 16.8 Å². The zero-order valence-corrected chi connectivity index (χ0v) is 16.6. The molecule has 1 heterocycles. The fourth-order valence-electron chi connectivity index (χ4n) is 2.75. The predicted molar refractivity (Wildman–Crippen MR) is 110 cm³/mol. The molecule has 3 aromatic rings. The summed E-state index contributed by atoms with van der Waals surface area (Å²) in [6, 6.07) is 14.1. The number of rotatable bonds is 5. The minimum atomic E-state index is 0.488. The lowest BCUT2D eigenvalue weighted by Gasteiger charge is -2.10. The van der Waals surface area contributed by atoms with E-state index in [1.807, 2.05) is 23.6 Å². The van der Waals surface area contributed by atoms with Gasteiger partial charge in [0, 0.05) is 16.5 Å². The topological polar surface area (TPSA) is 55.1 Å². The molecule has 27 heavy (non-hydrogen) atoms. The summed E-state index contributed by atoms with van der Waals surface area (Å²) in [6.07, 6.45) is 1.78. The number of benzene rings is 2. The van der Waals surface area contributed by atoms with E-state index in [1.54, 1.807) is 20.3 Å². The van der Waals surface area contributed by atoms with Gasteiger partial charge in [-0.2, -0.15) is 5.26 Å². The summed E-state index contributed by atoms with van der Waals surface area (Å²) in [5, 5.41) is 12.3. The normalized spacial score (nSPS) is 11.1. The molecule has 0 N–H and O–H groups in total. The van der Waals surface area contributed by atoms with E-state index in [2.05, 4.69) is 43.1 Å². The van der Waals surface area contributed by atoms with Gasteiger partial charge in [-0.3, -0.25) is 0 Å². The molecule has 0 saturated heterocycles. The van der Waals surface area contributed by atoms with Gasteiger partial charge in [0.1, 0.15) is 11.1 Å². The highest BCUT2D eigenvalue weighted by atomic mass is 32.1. The zero-order valence-electron chi connectivity index (χ0n) is 15.7. The highest BCUT2D eigenvalue weighted by molar-refractivity contribution is 7.11. The van der Waals surface area contributed by atoms with Gasteiger partial charge in [0.25, 0.3) is 0 Å². The van der Waals surface area contributed by atoms with E-state index in [0.29, 0.717) is 22.1 Å². The van der Waals surface area contributed by atoms with Gasteiger partial charge in [-0.15, -0.1) is 11.3 Å². The Morgan fingerprint density at radius 3 is 2.59 bits per heavy atom. The highest BCUT2D eigenvalue weighted by Crippen LogP contribution is 2.34. The average Bonchev–Trinajstić information content (AvgIpc) is 3.17. The Morgan fingerprint density at radius 1 is 1.11 bits per heavy atom. The number of aromatic nitrogens is 1. The van der Waals surface area contributed by atoms with Crippen LogP contribution in [0.5, 0.6) is 11.5 Å². The van der Waals surface area contributed by atoms with Gasteiger partial charge >= 0.3 is 0 Å². The van der Waals surface area contributed by atoms with Crippen LogP contribution in [0.2, 0.25) is 0 Å². The third-order valence-electron chi connectivity index (χ3n) is 4.39. The summed E-state index contributed by atoms with van der Waals surface area (Å²) in [5.74, 6) is 1.22. The maximum absolute atomic E-state index is 9.67. The Morgan fingerprint density at radius 2 is 1.93 bits per heavy atom. The van der Waals surface area contributed by atoms with Crippen molar-refractivity contribution in [1.29, 1.82) is 5.26 Å². The first-order valence-electron chi connectivity index (χ1n) is 8.43. The standard InChI is InChI=1S/C22H20N2O2S/c1-14-8-9-16(10-15(14)2)19-13-27-22(24-19)18(12-23)11-17-6-5-7-20(25-3)21(17)26-4/h5-11,13H,1-4H3/b18-11-. The van der Waals surface area contributed by atoms with Crippen LogP contribution in [0.15, 0.2) is 41.8 Å². The second-order valence-electron chi connectivity index (χ2n) is 6.09. The molecule has 0 aliphatic carbocycles. The number of allylic oxidation sites excluding steroid dienone is 1. The average molecular weight is 376 g/mol. The van der Waals surface area contributed by atoms with E-state index in [1.165, 1.54) is 22.5 Å². The van der Waals surface area contributed by atoms with Gasteiger partial charge in [-0.25, -0.2) is 4.98 Å². The van der Waals surface area contributed by atoms with Gasteiger partial charge in [0.2, 0.25) is 0 Å². The number of para-hydroxylation sites is 1. The van der Waals surface area contributed by atoms with Crippen molar-refractivity contribution >= 4 is 23.0 Å². The Labute approximate surface area is 163 Å². The minimum Gasteiger partial charge on any atom is -0.493 e. The maximum atomic E-state index is 9.67. The molecule has 0 amide bonds. The molecular formula is C22H20N2O2S. The molecule has 0 radical (unpaired) electrons. The number of ether oxygens (including phenoxy) is 2. The summed E-state index contributed by atoms with van der Waals surface area (Å²) in [7, 11) is 3.18. The highest BCUT2D eigenvalue weighted by Gasteiger charge is 2.13.